The van der Waals surface area contributed by atoms with Gasteiger partial charge in [-0.25, -0.2) is 67.4 Å². The summed E-state index contributed by atoms with van der Waals surface area (Å²) in [6, 6.07) is 60.6. The molecule has 114 heavy (non-hydrogen) atoms. The topological polar surface area (TPSA) is 359 Å². The van der Waals surface area contributed by atoms with Crippen molar-refractivity contribution in [3.63, 3.8) is 0 Å². The summed E-state index contributed by atoms with van der Waals surface area (Å²) in [6.07, 6.45) is 19.9. The van der Waals surface area contributed by atoms with Crippen molar-refractivity contribution in [1.29, 1.82) is 0 Å². The van der Waals surface area contributed by atoms with Crippen LogP contribution in [0, 0.1) is 11.6 Å². The summed E-state index contributed by atoms with van der Waals surface area (Å²) in [5.41, 5.74) is 7.53. The third-order valence-corrected chi connectivity index (χ3v) is 24.6. The number of fused-ring (bicyclic) bond motifs is 4. The number of H-pyrrole nitrogens is 1. The molecule has 8 heterocycles. The predicted octanol–water partition coefficient (Wildman–Crippen LogP) is 11.7. The Kier molecular flexibility index (Phi) is 23.6. The standard InChI is InChI=1S/C21H15F2N3O3S.C21H17N3O3S.2C20H16N4O3S/c22-16-10-17(23)12-19(11-16)30(28,29)18-3-1-14(2-4-18)13-25-21(27)15-5-7-26-8-6-24-20(26)9-15;25-21(17-8-9-18-13-22-15-24(18)14-17)23-12-16-6-10-20(11-7-16)28(26,27)19-4-2-1-3-5-19;25-20(18-10-15-12-23-24-19(15)13-21-18)22-11-14-6-8-17(9-7-14)28(26,27)16-4-2-1-3-5-16;25-20(18-14-24-11-10-21-19(24)13-22-18)23-12-15-6-8-17(9-7-15)28(26,27)16-4-2-1-3-5-16/h1-12H,13H2,(H,25,27);1-11,13-15H,12H2,(H,23,25);1-10,12-13H,11H2,(H,22,25)(H,23,24);1-11,13-14H,12H2,(H,23,25). The van der Waals surface area contributed by atoms with Crippen LogP contribution in [0.1, 0.15) is 63.9 Å². The minimum Gasteiger partial charge on any atom is -0.348 e. The van der Waals surface area contributed by atoms with Crippen molar-refractivity contribution < 1.29 is 61.6 Å². The molecule has 4 amide bonds. The highest BCUT2D eigenvalue weighted by molar-refractivity contribution is 7.92. The van der Waals surface area contributed by atoms with Gasteiger partial charge in [0.2, 0.25) is 39.3 Å². The molecule has 0 bridgehead atoms. The van der Waals surface area contributed by atoms with Crippen molar-refractivity contribution in [2.24, 2.45) is 0 Å². The molecule has 0 atom stereocenters. The predicted molar refractivity (Wildman–Crippen MR) is 415 cm³/mol. The largest absolute Gasteiger partial charge is 0.348 e. The summed E-state index contributed by atoms with van der Waals surface area (Å²) in [5, 5.41) is 18.6. The van der Waals surface area contributed by atoms with Crippen LogP contribution in [0.5, 0.6) is 0 Å². The van der Waals surface area contributed by atoms with E-state index in [-0.39, 0.29) is 88.9 Å². The van der Waals surface area contributed by atoms with Crippen LogP contribution in [0.4, 0.5) is 8.78 Å². The Labute approximate surface area is 650 Å². The number of aromatic amines is 1. The highest BCUT2D eigenvalue weighted by Gasteiger charge is 2.23. The number of halogens is 2. The molecule has 26 nitrogen and oxygen atoms in total. The molecule has 0 saturated carbocycles. The van der Waals surface area contributed by atoms with Gasteiger partial charge in [0, 0.05) is 86.6 Å². The Morgan fingerprint density at radius 2 is 0.772 bits per heavy atom. The molecule has 0 unspecified atom stereocenters. The first kappa shape index (κ1) is 78.1. The Hall–Kier alpha value is -14.1. The van der Waals surface area contributed by atoms with Gasteiger partial charge in [0.05, 0.1) is 86.9 Å². The zero-order chi connectivity index (χ0) is 80.0. The lowest BCUT2D eigenvalue weighted by molar-refractivity contribution is 0.0938. The number of hydrogen-bond donors (Lipinski definition) is 5. The number of imidazole rings is 3. The Morgan fingerprint density at radius 3 is 1.26 bits per heavy atom. The highest BCUT2D eigenvalue weighted by atomic mass is 32.2. The molecule has 0 aliphatic rings. The zero-order valence-corrected chi connectivity index (χ0v) is 62.9. The second kappa shape index (κ2) is 34.5. The molecule has 0 fully saturated rings. The number of benzene rings is 8. The fourth-order valence-electron chi connectivity index (χ4n) is 11.3. The smallest absolute Gasteiger partial charge is 0.271 e. The van der Waals surface area contributed by atoms with Gasteiger partial charge in [0.15, 0.2) is 5.65 Å². The van der Waals surface area contributed by atoms with E-state index in [4.69, 9.17) is 0 Å². The third-order valence-electron chi connectivity index (χ3n) is 17.5. The van der Waals surface area contributed by atoms with Crippen molar-refractivity contribution in [3.05, 3.63) is 367 Å². The van der Waals surface area contributed by atoms with E-state index in [9.17, 15) is 61.6 Å². The normalized spacial score (nSPS) is 11.5. The van der Waals surface area contributed by atoms with Gasteiger partial charge in [0.1, 0.15) is 28.7 Å². The van der Waals surface area contributed by atoms with Crippen LogP contribution in [-0.4, -0.2) is 106 Å². The molecule has 0 aliphatic carbocycles. The van der Waals surface area contributed by atoms with Gasteiger partial charge in [-0.2, -0.15) is 5.10 Å². The van der Waals surface area contributed by atoms with Crippen molar-refractivity contribution in [1.82, 2.24) is 69.6 Å². The van der Waals surface area contributed by atoms with Crippen LogP contribution < -0.4 is 21.3 Å². The van der Waals surface area contributed by atoms with E-state index in [0.29, 0.717) is 40.6 Å². The number of carbonyl (C=O) groups is 4. The molecule has 16 aromatic rings. The molecule has 32 heteroatoms. The number of sulfone groups is 4. The van der Waals surface area contributed by atoms with Crippen LogP contribution in [0.3, 0.4) is 0 Å². The molecule has 8 aromatic carbocycles. The molecular formula is C82H64F2N14O12S4. The highest BCUT2D eigenvalue weighted by Crippen LogP contribution is 2.27. The molecule has 8 aromatic heterocycles. The molecule has 572 valence electrons. The lowest BCUT2D eigenvalue weighted by Gasteiger charge is -2.08. The van der Waals surface area contributed by atoms with Crippen LogP contribution in [0.25, 0.3) is 27.7 Å². The van der Waals surface area contributed by atoms with Gasteiger partial charge in [0.25, 0.3) is 23.6 Å². The lowest BCUT2D eigenvalue weighted by atomic mass is 10.2. The number of pyridine rings is 3. The Morgan fingerprint density at radius 1 is 0.351 bits per heavy atom. The number of nitrogens with zero attached hydrogens (tertiary/aromatic N) is 9. The third kappa shape index (κ3) is 18.7. The summed E-state index contributed by atoms with van der Waals surface area (Å²) in [4.78, 5) is 70.5. The first-order valence-electron chi connectivity index (χ1n) is 34.5. The van der Waals surface area contributed by atoms with Crippen LogP contribution in [0.2, 0.25) is 0 Å². The number of amides is 4. The summed E-state index contributed by atoms with van der Waals surface area (Å²) in [7, 11) is -14.7. The van der Waals surface area contributed by atoms with Gasteiger partial charge in [-0.15, -0.1) is 0 Å². The molecule has 0 aliphatic heterocycles. The summed E-state index contributed by atoms with van der Waals surface area (Å²) < 4.78 is 133. The van der Waals surface area contributed by atoms with Gasteiger partial charge in [-0.3, -0.25) is 24.3 Å². The van der Waals surface area contributed by atoms with E-state index in [1.165, 1.54) is 30.5 Å². The maximum Gasteiger partial charge on any atom is 0.271 e. The van der Waals surface area contributed by atoms with E-state index >= 15 is 0 Å². The average molecular weight is 1600 g/mol. The van der Waals surface area contributed by atoms with E-state index in [0.717, 1.165) is 45.2 Å². The maximum atomic E-state index is 13.4. The average Bonchev–Trinajstić information content (AvgIpc) is 1.54. The fourth-order valence-corrected chi connectivity index (χ4v) is 16.5. The Balaban J connectivity index is 0.000000133. The van der Waals surface area contributed by atoms with Crippen molar-refractivity contribution >= 4 is 90.7 Å². The Bertz CT molecular complexity index is 6170. The van der Waals surface area contributed by atoms with E-state index < -0.39 is 55.9 Å². The molecule has 0 radical (unpaired) electrons. The second-order valence-corrected chi connectivity index (χ2v) is 32.9. The summed E-state index contributed by atoms with van der Waals surface area (Å²) in [5.74, 6) is -3.09. The fraction of sp³-hybridized carbons (Fsp3) is 0.0488. The minimum absolute atomic E-state index is 0.104. The van der Waals surface area contributed by atoms with Crippen LogP contribution in [0.15, 0.2) is 350 Å². The molecule has 5 N–H and O–H groups in total. The number of hydrogen-bond acceptors (Lipinski definition) is 18. The van der Waals surface area contributed by atoms with Gasteiger partial charge in [-0.1, -0.05) is 103 Å². The first-order valence-corrected chi connectivity index (χ1v) is 40.4. The molecule has 0 saturated heterocycles. The van der Waals surface area contributed by atoms with Gasteiger partial charge >= 0.3 is 0 Å². The SMILES string of the molecule is O=C(NCc1ccc(S(=O)(=O)c2cc(F)cc(F)c2)cc1)c1ccn2ccnc2c1.O=C(NCc1ccc(S(=O)(=O)c2ccccc2)cc1)c1cc2cn[nH]c2cn1.O=C(NCc1ccc(S(=O)(=O)c2ccccc2)cc1)c1ccc2cncn2c1.O=C(NCc1ccc(S(=O)(=O)c2ccccc2)cc1)c1cn2ccnc2cn1. The monoisotopic (exact) mass is 1600 g/mol. The number of rotatable bonds is 20. The summed E-state index contributed by atoms with van der Waals surface area (Å²) >= 11 is 0. The molecule has 0 spiro atoms. The quantitative estimate of drug-likeness (QED) is 0.0473. The lowest BCUT2D eigenvalue weighted by Crippen LogP contribution is -2.24. The van der Waals surface area contributed by atoms with Crippen LogP contribution >= 0.6 is 0 Å². The first-order chi connectivity index (χ1) is 54.9. The number of aromatic nitrogens is 10. The van der Waals surface area contributed by atoms with Crippen molar-refractivity contribution in [3.8, 4) is 0 Å². The molecule has 16 rings (SSSR count). The number of nitrogens with one attached hydrogen (secondary N) is 5. The maximum absolute atomic E-state index is 13.4. The van der Waals surface area contributed by atoms with E-state index in [2.05, 4.69) is 56.4 Å². The summed E-state index contributed by atoms with van der Waals surface area (Å²) in [6.45, 7) is 0.990. The van der Waals surface area contributed by atoms with Crippen LogP contribution in [-0.2, 0) is 65.5 Å². The van der Waals surface area contributed by atoms with Gasteiger partial charge < -0.3 is 34.5 Å². The molecular weight excluding hydrogens is 1540 g/mol. The zero-order valence-electron chi connectivity index (χ0n) is 59.6. The van der Waals surface area contributed by atoms with Crippen molar-refractivity contribution in [2.45, 2.75) is 65.3 Å². The van der Waals surface area contributed by atoms with Gasteiger partial charge in [-0.05, 0) is 150 Å². The van der Waals surface area contributed by atoms with Crippen molar-refractivity contribution in [2.75, 3.05) is 0 Å². The van der Waals surface area contributed by atoms with E-state index in [1.807, 2.05) is 6.07 Å². The minimum atomic E-state index is -4.07. The second-order valence-electron chi connectivity index (χ2n) is 25.1. The number of carbonyl (C=O) groups excluding carboxylic acids is 4. The van der Waals surface area contributed by atoms with E-state index in [1.54, 1.807) is 270 Å².